The molecule has 1 aliphatic rings. The van der Waals surface area contributed by atoms with Crippen molar-refractivity contribution < 1.29 is 23.0 Å². The Labute approximate surface area is 154 Å². The summed E-state index contributed by atoms with van der Waals surface area (Å²) >= 11 is 0. The van der Waals surface area contributed by atoms with Gasteiger partial charge in [-0.1, -0.05) is 6.07 Å². The molecule has 0 unspecified atom stereocenters. The predicted molar refractivity (Wildman–Crippen MR) is 94.0 cm³/mol. The Morgan fingerprint density at radius 1 is 1.30 bits per heavy atom. The van der Waals surface area contributed by atoms with Gasteiger partial charge in [0, 0.05) is 31.0 Å². The van der Waals surface area contributed by atoms with E-state index in [0.29, 0.717) is 43.6 Å². The van der Waals surface area contributed by atoms with Gasteiger partial charge in [0.1, 0.15) is 5.75 Å². The summed E-state index contributed by atoms with van der Waals surface area (Å²) in [6.45, 7) is -0.0418. The summed E-state index contributed by atoms with van der Waals surface area (Å²) in [6, 6.07) is 6.99. The fourth-order valence-corrected chi connectivity index (χ4v) is 2.49. The number of carbonyl (C=O) groups excluding carboxylic acids is 1. The molecule has 2 heterocycles. The summed E-state index contributed by atoms with van der Waals surface area (Å²) in [5.74, 6) is 0.559. The minimum absolute atomic E-state index is 0.0336. The van der Waals surface area contributed by atoms with Gasteiger partial charge in [0.05, 0.1) is 25.5 Å². The zero-order valence-electron chi connectivity index (χ0n) is 14.4. The number of alkyl halides is 2. The monoisotopic (exact) mass is 379 g/mol. The second-order valence-electron chi connectivity index (χ2n) is 5.66. The van der Waals surface area contributed by atoms with Gasteiger partial charge in [0.2, 0.25) is 5.95 Å². The maximum atomic E-state index is 12.2. The lowest BCUT2D eigenvalue weighted by molar-refractivity contribution is -0.0497. The normalized spacial score (nSPS) is 14.1. The van der Waals surface area contributed by atoms with Crippen LogP contribution in [0.4, 0.5) is 25.2 Å². The second-order valence-corrected chi connectivity index (χ2v) is 5.66. The highest BCUT2D eigenvalue weighted by Crippen LogP contribution is 2.19. The van der Waals surface area contributed by atoms with E-state index in [2.05, 4.69) is 25.3 Å². The van der Waals surface area contributed by atoms with Crippen LogP contribution >= 0.6 is 0 Å². The molecular weight excluding hydrogens is 360 g/mol. The first-order valence-corrected chi connectivity index (χ1v) is 8.34. The molecule has 0 spiro atoms. The van der Waals surface area contributed by atoms with Gasteiger partial charge in [-0.3, -0.25) is 0 Å². The average molecular weight is 379 g/mol. The third kappa shape index (κ3) is 5.74. The van der Waals surface area contributed by atoms with Crippen molar-refractivity contribution in [1.82, 2.24) is 15.3 Å². The molecule has 1 saturated heterocycles. The molecule has 1 aliphatic heterocycles. The van der Waals surface area contributed by atoms with Crippen LogP contribution in [-0.4, -0.2) is 48.9 Å². The first-order valence-electron chi connectivity index (χ1n) is 8.34. The molecule has 0 bridgehead atoms. The summed E-state index contributed by atoms with van der Waals surface area (Å²) in [6.07, 6.45) is 1.64. The molecule has 2 aromatic rings. The number of morpholine rings is 1. The zero-order valence-corrected chi connectivity index (χ0v) is 14.4. The van der Waals surface area contributed by atoms with Crippen molar-refractivity contribution >= 4 is 17.7 Å². The Kier molecular flexibility index (Phi) is 6.31. The van der Waals surface area contributed by atoms with Crippen LogP contribution in [0, 0.1) is 0 Å². The van der Waals surface area contributed by atoms with Gasteiger partial charge in [-0.15, -0.1) is 0 Å². The van der Waals surface area contributed by atoms with E-state index in [1.54, 1.807) is 18.3 Å². The molecule has 27 heavy (non-hydrogen) atoms. The molecular formula is C17H19F2N5O3. The van der Waals surface area contributed by atoms with Crippen LogP contribution in [0.5, 0.6) is 5.75 Å². The van der Waals surface area contributed by atoms with Crippen molar-refractivity contribution in [2.75, 3.05) is 36.5 Å². The van der Waals surface area contributed by atoms with Gasteiger partial charge in [-0.05, 0) is 18.2 Å². The Morgan fingerprint density at radius 3 is 2.89 bits per heavy atom. The molecule has 0 radical (unpaired) electrons. The lowest BCUT2D eigenvalue weighted by atomic mass is 10.3. The van der Waals surface area contributed by atoms with Gasteiger partial charge in [-0.2, -0.15) is 8.78 Å². The van der Waals surface area contributed by atoms with Gasteiger partial charge in [0.25, 0.3) is 0 Å². The summed E-state index contributed by atoms with van der Waals surface area (Å²) < 4.78 is 34.1. The molecule has 2 amide bonds. The van der Waals surface area contributed by atoms with E-state index >= 15 is 0 Å². The molecule has 3 rings (SSSR count). The van der Waals surface area contributed by atoms with Crippen LogP contribution in [0.1, 0.15) is 5.69 Å². The molecule has 0 saturated carbocycles. The smallest absolute Gasteiger partial charge is 0.387 e. The number of nitrogens with one attached hydrogen (secondary N) is 2. The van der Waals surface area contributed by atoms with Gasteiger partial charge in [-0.25, -0.2) is 14.8 Å². The number of hydrogen-bond donors (Lipinski definition) is 2. The molecule has 8 nitrogen and oxygen atoms in total. The molecule has 1 aromatic carbocycles. The fourth-order valence-electron chi connectivity index (χ4n) is 2.49. The summed E-state index contributed by atoms with van der Waals surface area (Å²) in [7, 11) is 0. The lowest BCUT2D eigenvalue weighted by Gasteiger charge is -2.26. The maximum absolute atomic E-state index is 12.2. The van der Waals surface area contributed by atoms with E-state index in [4.69, 9.17) is 4.74 Å². The Bertz CT molecular complexity index is 772. The van der Waals surface area contributed by atoms with Crippen molar-refractivity contribution in [2.45, 2.75) is 13.2 Å². The number of halogens is 2. The largest absolute Gasteiger partial charge is 0.435 e. The first-order chi connectivity index (χ1) is 13.1. The quantitative estimate of drug-likeness (QED) is 0.800. The van der Waals surface area contributed by atoms with Gasteiger partial charge < -0.3 is 25.0 Å². The summed E-state index contributed by atoms with van der Waals surface area (Å²) in [5.41, 5.74) is 0.985. The van der Waals surface area contributed by atoms with E-state index in [0.717, 1.165) is 0 Å². The number of amides is 2. The average Bonchev–Trinajstić information content (AvgIpc) is 2.67. The van der Waals surface area contributed by atoms with Crippen molar-refractivity contribution in [1.29, 1.82) is 0 Å². The SMILES string of the molecule is O=C(NCc1ccnc(N2CCOCC2)n1)Nc1cccc(OC(F)F)c1. The molecule has 1 aromatic heterocycles. The number of hydrogen-bond acceptors (Lipinski definition) is 6. The topological polar surface area (TPSA) is 88.6 Å². The minimum Gasteiger partial charge on any atom is -0.435 e. The molecule has 144 valence electrons. The second kappa shape index (κ2) is 9.08. The van der Waals surface area contributed by atoms with Crippen LogP contribution in [0.25, 0.3) is 0 Å². The molecule has 2 N–H and O–H groups in total. The van der Waals surface area contributed by atoms with Crippen molar-refractivity contribution in [3.8, 4) is 5.75 Å². The predicted octanol–water partition coefficient (Wildman–Crippen LogP) is 2.24. The van der Waals surface area contributed by atoms with Gasteiger partial charge >= 0.3 is 12.6 Å². The Hall–Kier alpha value is -3.01. The highest BCUT2D eigenvalue weighted by molar-refractivity contribution is 5.89. The van der Waals surface area contributed by atoms with Crippen LogP contribution in [0.3, 0.4) is 0 Å². The number of anilines is 2. The van der Waals surface area contributed by atoms with Crippen LogP contribution in [0.15, 0.2) is 36.5 Å². The van der Waals surface area contributed by atoms with E-state index in [1.807, 2.05) is 4.90 Å². The standard InChI is InChI=1S/C17H19F2N5O3/c18-15(19)27-14-3-1-2-12(10-14)23-17(25)21-11-13-4-5-20-16(22-13)24-6-8-26-9-7-24/h1-5,10,15H,6-9,11H2,(H2,21,23,25). The fraction of sp³-hybridized carbons (Fsp3) is 0.353. The van der Waals surface area contributed by atoms with Gasteiger partial charge in [0.15, 0.2) is 0 Å². The van der Waals surface area contributed by atoms with Crippen LogP contribution in [-0.2, 0) is 11.3 Å². The molecule has 0 aliphatic carbocycles. The summed E-state index contributed by atoms with van der Waals surface area (Å²) in [5, 5.41) is 5.22. The zero-order chi connectivity index (χ0) is 19.1. The van der Waals surface area contributed by atoms with Crippen LogP contribution in [0.2, 0.25) is 0 Å². The maximum Gasteiger partial charge on any atom is 0.387 e. The number of urea groups is 1. The number of aromatic nitrogens is 2. The van der Waals surface area contributed by atoms with Crippen LogP contribution < -0.4 is 20.3 Å². The summed E-state index contributed by atoms with van der Waals surface area (Å²) in [4.78, 5) is 22.7. The molecule has 0 atom stereocenters. The molecule has 10 heteroatoms. The van der Waals surface area contributed by atoms with Crippen molar-refractivity contribution in [2.24, 2.45) is 0 Å². The third-order valence-corrected chi connectivity index (χ3v) is 3.74. The van der Waals surface area contributed by atoms with E-state index in [1.165, 1.54) is 18.2 Å². The highest BCUT2D eigenvalue weighted by atomic mass is 19.3. The van der Waals surface area contributed by atoms with Crippen molar-refractivity contribution in [3.05, 3.63) is 42.2 Å². The molecule has 1 fully saturated rings. The number of benzene rings is 1. The number of ether oxygens (including phenoxy) is 2. The van der Waals surface area contributed by atoms with E-state index < -0.39 is 12.6 Å². The Morgan fingerprint density at radius 2 is 2.11 bits per heavy atom. The minimum atomic E-state index is -2.92. The van der Waals surface area contributed by atoms with E-state index in [-0.39, 0.29) is 12.3 Å². The third-order valence-electron chi connectivity index (χ3n) is 3.74. The lowest BCUT2D eigenvalue weighted by Crippen LogP contribution is -2.37. The number of carbonyl (C=O) groups is 1. The number of nitrogens with zero attached hydrogens (tertiary/aromatic N) is 3. The van der Waals surface area contributed by atoms with Crippen molar-refractivity contribution in [3.63, 3.8) is 0 Å². The number of rotatable bonds is 6. The first kappa shape index (κ1) is 18.8. The Balaban J connectivity index is 1.53. The highest BCUT2D eigenvalue weighted by Gasteiger charge is 2.14. The van der Waals surface area contributed by atoms with E-state index in [9.17, 15) is 13.6 Å².